The molecule has 148 valence electrons. The number of carbonyl (C=O) groups excluding carboxylic acids is 2. The Morgan fingerprint density at radius 2 is 1.83 bits per heavy atom. The SMILES string of the molecule is CC(=O)Nc1cccc(C(=O)/C=C/c2cccc(OCc3cccc(C#N)c3)c2)c1. The lowest BCUT2D eigenvalue weighted by atomic mass is 10.1. The largest absolute Gasteiger partial charge is 0.489 e. The van der Waals surface area contributed by atoms with Crippen LogP contribution in [0.15, 0.2) is 78.9 Å². The lowest BCUT2D eigenvalue weighted by Crippen LogP contribution is -2.06. The molecule has 0 aliphatic rings. The van der Waals surface area contributed by atoms with Gasteiger partial charge in [-0.1, -0.05) is 42.5 Å². The molecule has 0 spiro atoms. The summed E-state index contributed by atoms with van der Waals surface area (Å²) in [5.74, 6) is 0.313. The summed E-state index contributed by atoms with van der Waals surface area (Å²) >= 11 is 0. The third kappa shape index (κ3) is 5.91. The number of ether oxygens (including phenoxy) is 1. The van der Waals surface area contributed by atoms with Crippen LogP contribution < -0.4 is 10.1 Å². The van der Waals surface area contributed by atoms with Crippen molar-refractivity contribution >= 4 is 23.5 Å². The molecule has 5 nitrogen and oxygen atoms in total. The molecule has 0 bridgehead atoms. The van der Waals surface area contributed by atoms with Crippen molar-refractivity contribution in [2.24, 2.45) is 0 Å². The van der Waals surface area contributed by atoms with Crippen LogP contribution in [0.5, 0.6) is 5.75 Å². The number of nitrogens with one attached hydrogen (secondary N) is 1. The number of allylic oxidation sites excluding steroid dienone is 1. The fourth-order valence-electron chi connectivity index (χ4n) is 2.83. The molecule has 0 unspecified atom stereocenters. The topological polar surface area (TPSA) is 79.2 Å². The molecule has 0 saturated carbocycles. The molecule has 0 aliphatic heterocycles. The van der Waals surface area contributed by atoms with Gasteiger partial charge in [0, 0.05) is 18.2 Å². The molecule has 30 heavy (non-hydrogen) atoms. The molecule has 3 aromatic rings. The summed E-state index contributed by atoms with van der Waals surface area (Å²) < 4.78 is 5.81. The number of rotatable bonds is 7. The summed E-state index contributed by atoms with van der Waals surface area (Å²) in [6.45, 7) is 1.77. The zero-order valence-electron chi connectivity index (χ0n) is 16.5. The number of hydrogen-bond donors (Lipinski definition) is 1. The molecular formula is C25H20N2O3. The Labute approximate surface area is 175 Å². The minimum atomic E-state index is -0.189. The van der Waals surface area contributed by atoms with E-state index in [0.717, 1.165) is 11.1 Å². The quantitative estimate of drug-likeness (QED) is 0.451. The molecule has 0 fully saturated rings. The van der Waals surface area contributed by atoms with Crippen LogP contribution >= 0.6 is 0 Å². The summed E-state index contributed by atoms with van der Waals surface area (Å²) in [4.78, 5) is 23.6. The predicted octanol–water partition coefficient (Wildman–Crippen LogP) is 4.99. The molecule has 0 aliphatic carbocycles. The number of nitriles is 1. The molecule has 1 N–H and O–H groups in total. The van der Waals surface area contributed by atoms with Crippen molar-refractivity contribution < 1.29 is 14.3 Å². The van der Waals surface area contributed by atoms with E-state index in [9.17, 15) is 9.59 Å². The first-order chi connectivity index (χ1) is 14.5. The van der Waals surface area contributed by atoms with Gasteiger partial charge in [0.1, 0.15) is 12.4 Å². The number of benzene rings is 3. The minimum Gasteiger partial charge on any atom is -0.489 e. The molecule has 3 rings (SSSR count). The van der Waals surface area contributed by atoms with Gasteiger partial charge in [0.05, 0.1) is 11.6 Å². The van der Waals surface area contributed by atoms with Crippen molar-refractivity contribution in [2.75, 3.05) is 5.32 Å². The Bertz CT molecular complexity index is 1140. The standard InChI is InChI=1S/C25H20N2O3/c1-18(28)27-23-9-4-8-22(15-23)25(29)12-11-19-5-3-10-24(14-19)30-17-21-7-2-6-20(13-21)16-26/h2-15H,17H2,1H3,(H,27,28)/b12-11+. The van der Waals surface area contributed by atoms with Gasteiger partial charge in [-0.15, -0.1) is 0 Å². The molecule has 0 aromatic heterocycles. The number of anilines is 1. The van der Waals surface area contributed by atoms with Gasteiger partial charge in [-0.2, -0.15) is 5.26 Å². The lowest BCUT2D eigenvalue weighted by Gasteiger charge is -2.07. The molecule has 5 heteroatoms. The third-order valence-corrected chi connectivity index (χ3v) is 4.21. The van der Waals surface area contributed by atoms with Crippen molar-refractivity contribution in [3.63, 3.8) is 0 Å². The number of ketones is 1. The van der Waals surface area contributed by atoms with Crippen molar-refractivity contribution in [1.82, 2.24) is 0 Å². The maximum absolute atomic E-state index is 12.5. The number of nitrogens with zero attached hydrogens (tertiary/aromatic N) is 1. The van der Waals surface area contributed by atoms with E-state index in [-0.39, 0.29) is 11.7 Å². The minimum absolute atomic E-state index is 0.165. The van der Waals surface area contributed by atoms with E-state index in [2.05, 4.69) is 11.4 Å². The normalized spacial score (nSPS) is 10.4. The van der Waals surface area contributed by atoms with Gasteiger partial charge in [-0.3, -0.25) is 9.59 Å². The van der Waals surface area contributed by atoms with Gasteiger partial charge in [-0.05, 0) is 53.6 Å². The second-order valence-electron chi connectivity index (χ2n) is 6.63. The van der Waals surface area contributed by atoms with Crippen molar-refractivity contribution in [3.05, 3.63) is 101 Å². The van der Waals surface area contributed by atoms with Crippen molar-refractivity contribution in [3.8, 4) is 11.8 Å². The fraction of sp³-hybridized carbons (Fsp3) is 0.0800. The van der Waals surface area contributed by atoms with Gasteiger partial charge in [0.25, 0.3) is 0 Å². The fourth-order valence-corrected chi connectivity index (χ4v) is 2.83. The highest BCUT2D eigenvalue weighted by molar-refractivity contribution is 6.07. The van der Waals surface area contributed by atoms with Crippen LogP contribution in [0.1, 0.15) is 34.0 Å². The lowest BCUT2D eigenvalue weighted by molar-refractivity contribution is -0.114. The van der Waals surface area contributed by atoms with E-state index in [4.69, 9.17) is 10.00 Å². The number of amides is 1. The van der Waals surface area contributed by atoms with Gasteiger partial charge in [0.15, 0.2) is 5.78 Å². The maximum Gasteiger partial charge on any atom is 0.221 e. The van der Waals surface area contributed by atoms with Crippen LogP contribution in [0.2, 0.25) is 0 Å². The second kappa shape index (κ2) is 9.85. The average Bonchev–Trinajstić information content (AvgIpc) is 2.76. The highest BCUT2D eigenvalue weighted by atomic mass is 16.5. The Balaban J connectivity index is 1.65. The monoisotopic (exact) mass is 396 g/mol. The smallest absolute Gasteiger partial charge is 0.221 e. The van der Waals surface area contributed by atoms with Gasteiger partial charge in [-0.25, -0.2) is 0 Å². The van der Waals surface area contributed by atoms with E-state index in [1.54, 1.807) is 42.5 Å². The first-order valence-electron chi connectivity index (χ1n) is 9.35. The molecular weight excluding hydrogens is 376 g/mol. The molecule has 0 radical (unpaired) electrons. The predicted molar refractivity (Wildman–Crippen MR) is 116 cm³/mol. The second-order valence-corrected chi connectivity index (χ2v) is 6.63. The highest BCUT2D eigenvalue weighted by Crippen LogP contribution is 2.18. The van der Waals surface area contributed by atoms with Crippen molar-refractivity contribution in [2.45, 2.75) is 13.5 Å². The van der Waals surface area contributed by atoms with Crippen LogP contribution in [-0.4, -0.2) is 11.7 Å². The summed E-state index contributed by atoms with van der Waals surface area (Å²) in [5, 5.41) is 11.6. The Kier molecular flexibility index (Phi) is 6.75. The molecule has 1 amide bonds. The van der Waals surface area contributed by atoms with Crippen LogP contribution in [0.25, 0.3) is 6.08 Å². The average molecular weight is 396 g/mol. The molecule has 0 heterocycles. The van der Waals surface area contributed by atoms with Crippen LogP contribution in [0.3, 0.4) is 0 Å². The van der Waals surface area contributed by atoms with Gasteiger partial charge < -0.3 is 10.1 Å². The Morgan fingerprint density at radius 3 is 2.63 bits per heavy atom. The molecule has 0 atom stereocenters. The zero-order chi connectivity index (χ0) is 21.3. The van der Waals surface area contributed by atoms with E-state index < -0.39 is 0 Å². The molecule has 0 saturated heterocycles. The Hall–Kier alpha value is -4.17. The van der Waals surface area contributed by atoms with Crippen LogP contribution in [0.4, 0.5) is 5.69 Å². The van der Waals surface area contributed by atoms with Crippen LogP contribution in [0, 0.1) is 11.3 Å². The van der Waals surface area contributed by atoms with Crippen LogP contribution in [-0.2, 0) is 11.4 Å². The molecule has 3 aromatic carbocycles. The van der Waals surface area contributed by atoms with Crippen molar-refractivity contribution in [1.29, 1.82) is 5.26 Å². The summed E-state index contributed by atoms with van der Waals surface area (Å²) in [6.07, 6.45) is 3.21. The summed E-state index contributed by atoms with van der Waals surface area (Å²) in [7, 11) is 0. The Morgan fingerprint density at radius 1 is 1.03 bits per heavy atom. The number of hydrogen-bond acceptors (Lipinski definition) is 4. The number of carbonyl (C=O) groups is 2. The van der Waals surface area contributed by atoms with Gasteiger partial charge in [0.2, 0.25) is 5.91 Å². The van der Waals surface area contributed by atoms with E-state index in [1.165, 1.54) is 13.0 Å². The van der Waals surface area contributed by atoms with E-state index >= 15 is 0 Å². The summed E-state index contributed by atoms with van der Waals surface area (Å²) in [5.41, 5.74) is 3.39. The maximum atomic E-state index is 12.5. The first kappa shape index (κ1) is 20.6. The van der Waals surface area contributed by atoms with E-state index in [1.807, 2.05) is 36.4 Å². The summed E-state index contributed by atoms with van der Waals surface area (Å²) in [6, 6.07) is 23.6. The first-order valence-corrected chi connectivity index (χ1v) is 9.35. The third-order valence-electron chi connectivity index (χ3n) is 4.21. The van der Waals surface area contributed by atoms with E-state index in [0.29, 0.717) is 29.2 Å². The highest BCUT2D eigenvalue weighted by Gasteiger charge is 2.04. The van der Waals surface area contributed by atoms with Gasteiger partial charge >= 0.3 is 0 Å². The zero-order valence-corrected chi connectivity index (χ0v) is 16.5.